The fourth-order valence-electron chi connectivity index (χ4n) is 3.13. The van der Waals surface area contributed by atoms with Crippen LogP contribution in [0.1, 0.15) is 46.4 Å². The average Bonchev–Trinajstić information content (AvgIpc) is 3.15. The molecule has 0 unspecified atom stereocenters. The topological polar surface area (TPSA) is 86.1 Å². The lowest BCUT2D eigenvalue weighted by atomic mass is 10.0. The number of carbonyl (C=O) groups excluding carboxylic acids is 2. The Morgan fingerprint density at radius 2 is 1.82 bits per heavy atom. The maximum Gasteiger partial charge on any atom is 0.253 e. The minimum atomic E-state index is -0.409. The standard InChI is InChI=1S/C23H24Cl2N4O3S/c1-13(2)20(26-22(31)17-10-7-15(24)11-18(17)25)21-27-28-23(29(21)3)33-12-19(30)14-5-8-16(32-4)9-6-14/h5-11,13,20H,12H2,1-4H3,(H,26,31)/t20-/m1/s1. The van der Waals surface area contributed by atoms with Crippen molar-refractivity contribution in [3.8, 4) is 5.75 Å². The van der Waals surface area contributed by atoms with Gasteiger partial charge in [0.05, 0.1) is 29.5 Å². The number of halogens is 2. The first-order valence-electron chi connectivity index (χ1n) is 10.2. The fourth-order valence-corrected chi connectivity index (χ4v) is 4.44. The van der Waals surface area contributed by atoms with Crippen molar-refractivity contribution in [1.82, 2.24) is 20.1 Å². The summed E-state index contributed by atoms with van der Waals surface area (Å²) in [4.78, 5) is 25.4. The van der Waals surface area contributed by atoms with Crippen LogP contribution in [0.5, 0.6) is 5.75 Å². The first kappa shape index (κ1) is 25.1. The molecule has 0 saturated carbocycles. The van der Waals surface area contributed by atoms with Gasteiger partial charge in [0.2, 0.25) is 0 Å². The summed E-state index contributed by atoms with van der Waals surface area (Å²) in [6.45, 7) is 3.95. The van der Waals surface area contributed by atoms with Crippen LogP contribution in [0, 0.1) is 5.92 Å². The highest BCUT2D eigenvalue weighted by Crippen LogP contribution is 2.27. The lowest BCUT2D eigenvalue weighted by Crippen LogP contribution is -2.33. The summed E-state index contributed by atoms with van der Waals surface area (Å²) in [5.74, 6) is 1.15. The molecule has 1 N–H and O–H groups in total. The molecule has 0 spiro atoms. The number of Topliss-reactive ketones (excluding diaryl/α,β-unsaturated/α-hetero) is 1. The number of nitrogens with one attached hydrogen (secondary N) is 1. The van der Waals surface area contributed by atoms with Crippen LogP contribution in [0.2, 0.25) is 10.0 Å². The fraction of sp³-hybridized carbons (Fsp3) is 0.304. The third-order valence-electron chi connectivity index (χ3n) is 5.02. The Morgan fingerprint density at radius 1 is 1.12 bits per heavy atom. The van der Waals surface area contributed by atoms with Crippen LogP contribution in [-0.4, -0.2) is 39.3 Å². The molecule has 10 heteroatoms. The molecule has 3 aromatic rings. The molecule has 1 atom stereocenters. The summed E-state index contributed by atoms with van der Waals surface area (Å²) in [6, 6.07) is 11.3. The first-order valence-corrected chi connectivity index (χ1v) is 11.9. The summed E-state index contributed by atoms with van der Waals surface area (Å²) in [7, 11) is 3.39. The van der Waals surface area contributed by atoms with E-state index in [-0.39, 0.29) is 28.4 Å². The molecule has 7 nitrogen and oxygen atoms in total. The van der Waals surface area contributed by atoms with Crippen LogP contribution in [0.25, 0.3) is 0 Å². The monoisotopic (exact) mass is 506 g/mol. The van der Waals surface area contributed by atoms with E-state index in [1.807, 2.05) is 20.9 Å². The molecule has 0 radical (unpaired) electrons. The molecule has 174 valence electrons. The second-order valence-electron chi connectivity index (χ2n) is 7.66. The van der Waals surface area contributed by atoms with Crippen LogP contribution in [0.4, 0.5) is 0 Å². The smallest absolute Gasteiger partial charge is 0.253 e. The van der Waals surface area contributed by atoms with Crippen molar-refractivity contribution in [2.45, 2.75) is 25.0 Å². The Balaban J connectivity index is 1.72. The van der Waals surface area contributed by atoms with Gasteiger partial charge in [-0.15, -0.1) is 10.2 Å². The molecule has 3 rings (SSSR count). The van der Waals surface area contributed by atoms with Crippen molar-refractivity contribution in [2.24, 2.45) is 13.0 Å². The number of nitrogens with zero attached hydrogens (tertiary/aromatic N) is 3. The van der Waals surface area contributed by atoms with Crippen LogP contribution in [0.15, 0.2) is 47.6 Å². The van der Waals surface area contributed by atoms with Crippen LogP contribution < -0.4 is 10.1 Å². The quantitative estimate of drug-likeness (QED) is 0.315. The maximum absolute atomic E-state index is 12.8. The third kappa shape index (κ3) is 6.07. The van der Waals surface area contributed by atoms with Crippen molar-refractivity contribution >= 4 is 46.7 Å². The molecule has 0 aliphatic rings. The molecule has 0 aliphatic heterocycles. The number of carbonyl (C=O) groups is 2. The van der Waals surface area contributed by atoms with Crippen molar-refractivity contribution < 1.29 is 14.3 Å². The molecule has 0 saturated heterocycles. The van der Waals surface area contributed by atoms with E-state index in [9.17, 15) is 9.59 Å². The average molecular weight is 507 g/mol. The maximum atomic E-state index is 12.8. The second kappa shape index (κ2) is 11.0. The zero-order valence-corrected chi connectivity index (χ0v) is 21.0. The van der Waals surface area contributed by atoms with E-state index in [0.29, 0.717) is 32.9 Å². The number of ether oxygens (including phenoxy) is 1. The Labute approximate surface area is 206 Å². The molecule has 0 aliphatic carbocycles. The molecule has 1 heterocycles. The van der Waals surface area contributed by atoms with Gasteiger partial charge in [0.1, 0.15) is 5.75 Å². The second-order valence-corrected chi connectivity index (χ2v) is 9.45. The molecule has 1 amide bonds. The van der Waals surface area contributed by atoms with E-state index < -0.39 is 6.04 Å². The van der Waals surface area contributed by atoms with E-state index in [2.05, 4.69) is 15.5 Å². The summed E-state index contributed by atoms with van der Waals surface area (Å²) in [5.41, 5.74) is 0.923. The summed E-state index contributed by atoms with van der Waals surface area (Å²) in [6.07, 6.45) is 0. The van der Waals surface area contributed by atoms with Gasteiger partial charge in [0.25, 0.3) is 5.91 Å². The lowest BCUT2D eigenvalue weighted by molar-refractivity contribution is 0.0921. The van der Waals surface area contributed by atoms with Gasteiger partial charge in [-0.2, -0.15) is 0 Å². The number of amides is 1. The number of ketones is 1. The highest BCUT2D eigenvalue weighted by molar-refractivity contribution is 7.99. The molecular weight excluding hydrogens is 483 g/mol. The number of methoxy groups -OCH3 is 1. The Kier molecular flexibility index (Phi) is 8.40. The van der Waals surface area contributed by atoms with Gasteiger partial charge in [0, 0.05) is 17.6 Å². The molecule has 2 aromatic carbocycles. The van der Waals surface area contributed by atoms with E-state index >= 15 is 0 Å². The minimum absolute atomic E-state index is 0.0294. The number of benzene rings is 2. The zero-order valence-electron chi connectivity index (χ0n) is 18.6. The summed E-state index contributed by atoms with van der Waals surface area (Å²) in [5, 5.41) is 12.8. The van der Waals surface area contributed by atoms with E-state index in [0.717, 1.165) is 0 Å². The highest BCUT2D eigenvalue weighted by atomic mass is 35.5. The van der Waals surface area contributed by atoms with Crippen molar-refractivity contribution in [1.29, 1.82) is 0 Å². The number of rotatable bonds is 9. The number of thioether (sulfide) groups is 1. The Bertz CT molecular complexity index is 1150. The van der Waals surface area contributed by atoms with E-state index in [1.165, 1.54) is 17.8 Å². The first-order chi connectivity index (χ1) is 15.7. The molecule has 0 bridgehead atoms. The van der Waals surface area contributed by atoms with Gasteiger partial charge in [0.15, 0.2) is 16.8 Å². The summed E-state index contributed by atoms with van der Waals surface area (Å²) < 4.78 is 6.92. The van der Waals surface area contributed by atoms with Gasteiger partial charge in [-0.3, -0.25) is 9.59 Å². The zero-order chi connectivity index (χ0) is 24.1. The van der Waals surface area contributed by atoms with Crippen LogP contribution in [-0.2, 0) is 7.05 Å². The Hall–Kier alpha value is -2.55. The van der Waals surface area contributed by atoms with Gasteiger partial charge in [-0.05, 0) is 48.4 Å². The SMILES string of the molecule is COc1ccc(C(=O)CSc2nnc([C@H](NC(=O)c3ccc(Cl)cc3Cl)C(C)C)n2C)cc1. The van der Waals surface area contributed by atoms with Gasteiger partial charge >= 0.3 is 0 Å². The normalized spacial score (nSPS) is 12.0. The lowest BCUT2D eigenvalue weighted by Gasteiger charge is -2.22. The van der Waals surface area contributed by atoms with Crippen molar-refractivity contribution in [2.75, 3.05) is 12.9 Å². The summed E-state index contributed by atoms with van der Waals surface area (Å²) >= 11 is 13.4. The number of hydrogen-bond donors (Lipinski definition) is 1. The van der Waals surface area contributed by atoms with Gasteiger partial charge in [-0.25, -0.2) is 0 Å². The predicted octanol–water partition coefficient (Wildman–Crippen LogP) is 5.23. The predicted molar refractivity (Wildman–Crippen MR) is 131 cm³/mol. The third-order valence-corrected chi connectivity index (χ3v) is 6.59. The van der Waals surface area contributed by atoms with Crippen LogP contribution >= 0.6 is 35.0 Å². The minimum Gasteiger partial charge on any atom is -0.497 e. The van der Waals surface area contributed by atoms with Gasteiger partial charge < -0.3 is 14.6 Å². The molecular formula is C23H24Cl2N4O3S. The van der Waals surface area contributed by atoms with Crippen LogP contribution in [0.3, 0.4) is 0 Å². The highest BCUT2D eigenvalue weighted by Gasteiger charge is 2.26. The molecule has 33 heavy (non-hydrogen) atoms. The van der Waals surface area contributed by atoms with E-state index in [1.54, 1.807) is 48.1 Å². The molecule has 1 aromatic heterocycles. The number of hydrogen-bond acceptors (Lipinski definition) is 6. The van der Waals surface area contributed by atoms with Crippen molar-refractivity contribution in [3.05, 3.63) is 69.5 Å². The Morgan fingerprint density at radius 3 is 2.42 bits per heavy atom. The molecule has 0 fully saturated rings. The van der Waals surface area contributed by atoms with Crippen molar-refractivity contribution in [3.63, 3.8) is 0 Å². The van der Waals surface area contributed by atoms with E-state index in [4.69, 9.17) is 27.9 Å². The largest absolute Gasteiger partial charge is 0.497 e. The number of aromatic nitrogens is 3. The van der Waals surface area contributed by atoms with Gasteiger partial charge in [-0.1, -0.05) is 48.8 Å².